The van der Waals surface area contributed by atoms with Crippen LogP contribution in [0.25, 0.3) is 0 Å². The van der Waals surface area contributed by atoms with E-state index in [1.165, 1.54) is 6.42 Å². The van der Waals surface area contributed by atoms with Gasteiger partial charge in [0.1, 0.15) is 0 Å². The molecule has 0 unspecified atom stereocenters. The molecule has 6 heteroatoms. The Labute approximate surface area is 111 Å². The highest BCUT2D eigenvalue weighted by Crippen LogP contribution is 2.26. The largest absolute Gasteiger partial charge is 0.475 e. The standard InChI is InChI=1S/C13H18N2O4/c1-2-8-3-5-9(6-4-8)14-12(16)10-7-11(13(17)18)19-15-10/h7-9H,2-6H2,1H3,(H,14,16)(H,17,18). The number of aromatic nitrogens is 1. The van der Waals surface area contributed by atoms with Gasteiger partial charge in [-0.05, 0) is 31.6 Å². The van der Waals surface area contributed by atoms with Crippen LogP contribution in [0.4, 0.5) is 0 Å². The maximum atomic E-state index is 11.9. The zero-order valence-electron chi connectivity index (χ0n) is 10.9. The van der Waals surface area contributed by atoms with Crippen molar-refractivity contribution in [1.29, 1.82) is 0 Å². The SMILES string of the molecule is CCC1CCC(NC(=O)c2cc(C(=O)O)on2)CC1. The van der Waals surface area contributed by atoms with Gasteiger partial charge in [0.15, 0.2) is 5.69 Å². The smallest absolute Gasteiger partial charge is 0.374 e. The van der Waals surface area contributed by atoms with E-state index in [0.717, 1.165) is 37.7 Å². The van der Waals surface area contributed by atoms with Crippen molar-refractivity contribution in [3.8, 4) is 0 Å². The molecule has 1 saturated carbocycles. The van der Waals surface area contributed by atoms with Crippen LogP contribution in [0, 0.1) is 5.92 Å². The molecule has 0 saturated heterocycles. The maximum absolute atomic E-state index is 11.9. The highest BCUT2D eigenvalue weighted by Gasteiger charge is 2.23. The number of hydrogen-bond donors (Lipinski definition) is 2. The lowest BCUT2D eigenvalue weighted by molar-refractivity contribution is 0.0650. The second-order valence-electron chi connectivity index (χ2n) is 4.98. The number of nitrogens with zero attached hydrogens (tertiary/aromatic N) is 1. The predicted octanol–water partition coefficient (Wildman–Crippen LogP) is 2.07. The molecule has 2 N–H and O–H groups in total. The number of carbonyl (C=O) groups excluding carboxylic acids is 1. The highest BCUT2D eigenvalue weighted by atomic mass is 16.5. The van der Waals surface area contributed by atoms with E-state index in [2.05, 4.69) is 21.9 Å². The van der Waals surface area contributed by atoms with Crippen molar-refractivity contribution in [1.82, 2.24) is 10.5 Å². The molecule has 1 aromatic heterocycles. The zero-order valence-corrected chi connectivity index (χ0v) is 10.9. The Bertz CT molecular complexity index is 461. The Hall–Kier alpha value is -1.85. The van der Waals surface area contributed by atoms with Crippen molar-refractivity contribution in [3.05, 3.63) is 17.5 Å². The minimum absolute atomic E-state index is 0.0232. The lowest BCUT2D eigenvalue weighted by Gasteiger charge is -2.28. The van der Waals surface area contributed by atoms with E-state index < -0.39 is 5.97 Å². The van der Waals surface area contributed by atoms with E-state index in [1.807, 2.05) is 0 Å². The van der Waals surface area contributed by atoms with Crippen LogP contribution in [0.3, 0.4) is 0 Å². The van der Waals surface area contributed by atoms with Crippen molar-refractivity contribution < 1.29 is 19.2 Å². The second kappa shape index (κ2) is 5.86. The van der Waals surface area contributed by atoms with Gasteiger partial charge in [0.25, 0.3) is 5.91 Å². The third-order valence-corrected chi connectivity index (χ3v) is 3.71. The summed E-state index contributed by atoms with van der Waals surface area (Å²) in [7, 11) is 0. The fourth-order valence-electron chi connectivity index (χ4n) is 2.46. The Morgan fingerprint density at radius 3 is 2.63 bits per heavy atom. The molecular weight excluding hydrogens is 248 g/mol. The second-order valence-corrected chi connectivity index (χ2v) is 4.98. The molecule has 1 fully saturated rings. The molecule has 0 radical (unpaired) electrons. The number of rotatable bonds is 4. The van der Waals surface area contributed by atoms with Crippen LogP contribution in [0.5, 0.6) is 0 Å². The van der Waals surface area contributed by atoms with Crippen molar-refractivity contribution in [3.63, 3.8) is 0 Å². The summed E-state index contributed by atoms with van der Waals surface area (Å²) in [5.41, 5.74) is 0.0232. The topological polar surface area (TPSA) is 92.4 Å². The molecule has 1 aromatic rings. The van der Waals surface area contributed by atoms with Crippen LogP contribution in [0.1, 0.15) is 60.1 Å². The third kappa shape index (κ3) is 3.33. The first kappa shape index (κ1) is 13.6. The fourth-order valence-corrected chi connectivity index (χ4v) is 2.46. The number of aromatic carboxylic acids is 1. The molecular formula is C13H18N2O4. The number of hydrogen-bond acceptors (Lipinski definition) is 4. The molecule has 104 valence electrons. The Morgan fingerprint density at radius 1 is 1.42 bits per heavy atom. The summed E-state index contributed by atoms with van der Waals surface area (Å²) in [6, 6.07) is 1.30. The summed E-state index contributed by atoms with van der Waals surface area (Å²) >= 11 is 0. The Kier molecular flexibility index (Phi) is 4.19. The fraction of sp³-hybridized carbons (Fsp3) is 0.615. The van der Waals surface area contributed by atoms with Crippen LogP contribution in [0.15, 0.2) is 10.6 Å². The molecule has 1 aliphatic carbocycles. The monoisotopic (exact) mass is 266 g/mol. The van der Waals surface area contributed by atoms with Crippen LogP contribution in [-0.2, 0) is 0 Å². The first-order valence-electron chi connectivity index (χ1n) is 6.61. The van der Waals surface area contributed by atoms with E-state index in [1.54, 1.807) is 0 Å². The van der Waals surface area contributed by atoms with Crippen molar-refractivity contribution >= 4 is 11.9 Å². The predicted molar refractivity (Wildman–Crippen MR) is 67.0 cm³/mol. The van der Waals surface area contributed by atoms with Crippen molar-refractivity contribution in [2.45, 2.75) is 45.1 Å². The summed E-state index contributed by atoms with van der Waals surface area (Å²) in [6.07, 6.45) is 5.37. The Morgan fingerprint density at radius 2 is 2.11 bits per heavy atom. The molecule has 19 heavy (non-hydrogen) atoms. The molecule has 1 aliphatic rings. The molecule has 1 heterocycles. The molecule has 0 aliphatic heterocycles. The van der Waals surface area contributed by atoms with Gasteiger partial charge in [0, 0.05) is 12.1 Å². The zero-order chi connectivity index (χ0) is 13.8. The summed E-state index contributed by atoms with van der Waals surface area (Å²) in [4.78, 5) is 22.5. The van der Waals surface area contributed by atoms with Gasteiger partial charge in [-0.25, -0.2) is 4.79 Å². The van der Waals surface area contributed by atoms with Gasteiger partial charge in [0.2, 0.25) is 5.76 Å². The van der Waals surface area contributed by atoms with Gasteiger partial charge in [-0.2, -0.15) is 0 Å². The first-order chi connectivity index (χ1) is 9.10. The van der Waals surface area contributed by atoms with E-state index in [9.17, 15) is 9.59 Å². The number of carbonyl (C=O) groups is 2. The van der Waals surface area contributed by atoms with Crippen molar-refractivity contribution in [2.24, 2.45) is 5.92 Å². The average Bonchev–Trinajstić information content (AvgIpc) is 2.89. The number of carboxylic acids is 1. The highest BCUT2D eigenvalue weighted by molar-refractivity contribution is 5.94. The Balaban J connectivity index is 1.88. The van der Waals surface area contributed by atoms with E-state index in [0.29, 0.717) is 0 Å². The molecule has 0 bridgehead atoms. The number of carboxylic acid groups (broad SMARTS) is 1. The van der Waals surface area contributed by atoms with Crippen molar-refractivity contribution in [2.75, 3.05) is 0 Å². The lowest BCUT2D eigenvalue weighted by atomic mass is 9.84. The molecule has 0 spiro atoms. The summed E-state index contributed by atoms with van der Waals surface area (Å²) in [6.45, 7) is 2.19. The van der Waals surface area contributed by atoms with E-state index in [4.69, 9.17) is 5.11 Å². The first-order valence-corrected chi connectivity index (χ1v) is 6.61. The minimum Gasteiger partial charge on any atom is -0.475 e. The average molecular weight is 266 g/mol. The van der Waals surface area contributed by atoms with Crippen LogP contribution in [0.2, 0.25) is 0 Å². The van der Waals surface area contributed by atoms with Gasteiger partial charge in [-0.15, -0.1) is 0 Å². The third-order valence-electron chi connectivity index (χ3n) is 3.71. The van der Waals surface area contributed by atoms with Crippen LogP contribution in [-0.4, -0.2) is 28.2 Å². The van der Waals surface area contributed by atoms with Crippen LogP contribution >= 0.6 is 0 Å². The maximum Gasteiger partial charge on any atom is 0.374 e. The van der Waals surface area contributed by atoms with E-state index >= 15 is 0 Å². The molecule has 0 aromatic carbocycles. The van der Waals surface area contributed by atoms with E-state index in [-0.39, 0.29) is 23.4 Å². The summed E-state index contributed by atoms with van der Waals surface area (Å²) < 4.78 is 4.56. The molecule has 2 rings (SSSR count). The summed E-state index contributed by atoms with van der Waals surface area (Å²) in [5.74, 6) is -1.15. The van der Waals surface area contributed by atoms with Crippen LogP contribution < -0.4 is 5.32 Å². The number of nitrogens with one attached hydrogen (secondary N) is 1. The molecule has 6 nitrogen and oxygen atoms in total. The van der Waals surface area contributed by atoms with Gasteiger partial charge >= 0.3 is 5.97 Å². The molecule has 1 amide bonds. The van der Waals surface area contributed by atoms with Gasteiger partial charge in [-0.1, -0.05) is 18.5 Å². The lowest BCUT2D eigenvalue weighted by Crippen LogP contribution is -2.37. The quantitative estimate of drug-likeness (QED) is 0.870. The molecule has 0 atom stereocenters. The number of amides is 1. The van der Waals surface area contributed by atoms with Gasteiger partial charge < -0.3 is 14.9 Å². The normalized spacial score (nSPS) is 23.0. The van der Waals surface area contributed by atoms with Gasteiger partial charge in [0.05, 0.1) is 0 Å². The minimum atomic E-state index is -1.23. The summed E-state index contributed by atoms with van der Waals surface area (Å²) in [5, 5.41) is 15.0. The van der Waals surface area contributed by atoms with Gasteiger partial charge in [-0.3, -0.25) is 4.79 Å².